The molecule has 0 atom stereocenters. The van der Waals surface area contributed by atoms with Crippen LogP contribution in [0.4, 0.5) is 23.2 Å². The van der Waals surface area contributed by atoms with Crippen LogP contribution in [0.25, 0.3) is 6.08 Å². The Hall–Kier alpha value is -3.35. The summed E-state index contributed by atoms with van der Waals surface area (Å²) in [7, 11) is 0. The molecular weight excluding hydrogens is 408 g/mol. The van der Waals surface area contributed by atoms with E-state index >= 15 is 0 Å². The predicted molar refractivity (Wildman–Crippen MR) is 112 cm³/mol. The van der Waals surface area contributed by atoms with Crippen molar-refractivity contribution < 1.29 is 22.3 Å². The number of piperidine rings is 1. The van der Waals surface area contributed by atoms with Crippen molar-refractivity contribution in [2.24, 2.45) is 0 Å². The number of anilines is 1. The number of hydrogen-bond donors (Lipinski definition) is 0. The minimum absolute atomic E-state index is 0.0935. The fourth-order valence-corrected chi connectivity index (χ4v) is 3.52. The van der Waals surface area contributed by atoms with Gasteiger partial charge in [0, 0.05) is 25.4 Å². The number of hydrogen-bond acceptors (Lipinski definition) is 3. The Balaban J connectivity index is 1.41. The highest BCUT2D eigenvalue weighted by molar-refractivity contribution is 5.57. The van der Waals surface area contributed by atoms with Gasteiger partial charge in [0.05, 0.1) is 11.3 Å². The topological polar surface area (TPSA) is 25.4 Å². The van der Waals surface area contributed by atoms with Gasteiger partial charge in [-0.3, -0.25) is 0 Å². The molecule has 1 aliphatic rings. The number of pyridine rings is 1. The molecule has 160 valence electrons. The van der Waals surface area contributed by atoms with Crippen molar-refractivity contribution in [3.8, 4) is 11.6 Å². The molecule has 0 radical (unpaired) electrons. The third-order valence-electron chi connectivity index (χ3n) is 5.11. The van der Waals surface area contributed by atoms with Gasteiger partial charge in [-0.15, -0.1) is 0 Å². The van der Waals surface area contributed by atoms with Crippen LogP contribution in [-0.4, -0.2) is 18.1 Å². The van der Waals surface area contributed by atoms with Crippen LogP contribution in [0.3, 0.4) is 0 Å². The number of halogens is 4. The summed E-state index contributed by atoms with van der Waals surface area (Å²) in [6.45, 7) is 1.47. The molecule has 0 spiro atoms. The van der Waals surface area contributed by atoms with Crippen LogP contribution < -0.4 is 9.64 Å². The Labute approximate surface area is 177 Å². The number of ether oxygens (including phenoxy) is 1. The Morgan fingerprint density at radius 3 is 2.39 bits per heavy atom. The van der Waals surface area contributed by atoms with Crippen LogP contribution in [0, 0.1) is 5.82 Å². The fourth-order valence-electron chi connectivity index (χ4n) is 3.52. The first kappa shape index (κ1) is 20.9. The summed E-state index contributed by atoms with van der Waals surface area (Å²) in [5.74, 6) is 0.373. The zero-order valence-corrected chi connectivity index (χ0v) is 16.6. The molecule has 1 fully saturated rings. The SMILES string of the molecule is Fc1ccccc1N1CCC(=Cc2cccc(Oc3ccc(C(F)(F)F)cn3)c2)CC1. The quantitative estimate of drug-likeness (QED) is 0.432. The summed E-state index contributed by atoms with van der Waals surface area (Å²) < 4.78 is 57.6. The van der Waals surface area contributed by atoms with Gasteiger partial charge in [0.1, 0.15) is 11.6 Å². The van der Waals surface area contributed by atoms with E-state index in [2.05, 4.69) is 11.1 Å². The Bertz CT molecular complexity index is 1070. The Morgan fingerprint density at radius 1 is 0.935 bits per heavy atom. The van der Waals surface area contributed by atoms with Crippen LogP contribution >= 0.6 is 0 Å². The van der Waals surface area contributed by atoms with Gasteiger partial charge in [0.15, 0.2) is 0 Å². The van der Waals surface area contributed by atoms with Crippen molar-refractivity contribution in [3.05, 3.63) is 89.4 Å². The molecule has 7 heteroatoms. The third-order valence-corrected chi connectivity index (χ3v) is 5.11. The van der Waals surface area contributed by atoms with Crippen LogP contribution in [0.15, 0.2) is 72.4 Å². The lowest BCUT2D eigenvalue weighted by Gasteiger charge is -2.30. The maximum Gasteiger partial charge on any atom is 0.417 e. The summed E-state index contributed by atoms with van der Waals surface area (Å²) in [6, 6.07) is 16.2. The first-order chi connectivity index (χ1) is 14.9. The lowest BCUT2D eigenvalue weighted by molar-refractivity contribution is -0.137. The zero-order chi connectivity index (χ0) is 21.8. The van der Waals surface area contributed by atoms with E-state index in [1.54, 1.807) is 18.2 Å². The maximum absolute atomic E-state index is 14.0. The standard InChI is InChI=1S/C24H20F4N2O/c25-21-6-1-2-7-22(21)30-12-10-17(11-13-30)14-18-4-3-5-20(15-18)31-23-9-8-19(16-29-23)24(26,27)28/h1-9,14-16H,10-13H2. The summed E-state index contributed by atoms with van der Waals surface area (Å²) in [6.07, 6.45) is 0.0372. The number of nitrogens with zero attached hydrogens (tertiary/aromatic N) is 2. The zero-order valence-electron chi connectivity index (χ0n) is 16.6. The summed E-state index contributed by atoms with van der Waals surface area (Å²) in [5, 5.41) is 0. The number of rotatable bonds is 4. The van der Waals surface area contributed by atoms with E-state index in [4.69, 9.17) is 4.74 Å². The summed E-state index contributed by atoms with van der Waals surface area (Å²) in [4.78, 5) is 5.78. The van der Waals surface area contributed by atoms with Crippen LogP contribution in [-0.2, 0) is 6.18 Å². The van der Waals surface area contributed by atoms with Crippen molar-refractivity contribution in [2.45, 2.75) is 19.0 Å². The molecule has 1 aromatic heterocycles. The van der Waals surface area contributed by atoms with Gasteiger partial charge in [0.25, 0.3) is 0 Å². The fraction of sp³-hybridized carbons (Fsp3) is 0.208. The second-order valence-corrected chi connectivity index (χ2v) is 7.30. The molecule has 3 nitrogen and oxygen atoms in total. The van der Waals surface area contributed by atoms with Gasteiger partial charge >= 0.3 is 6.18 Å². The predicted octanol–water partition coefficient (Wildman–Crippen LogP) is 6.72. The van der Waals surface area contributed by atoms with Gasteiger partial charge in [-0.2, -0.15) is 13.2 Å². The molecule has 31 heavy (non-hydrogen) atoms. The average molecular weight is 428 g/mol. The molecule has 0 unspecified atom stereocenters. The van der Waals surface area contributed by atoms with E-state index in [0.717, 1.165) is 43.8 Å². The van der Waals surface area contributed by atoms with E-state index in [-0.39, 0.29) is 11.7 Å². The van der Waals surface area contributed by atoms with Gasteiger partial charge in [-0.25, -0.2) is 9.37 Å². The average Bonchev–Trinajstić information content (AvgIpc) is 2.75. The third kappa shape index (κ3) is 5.23. The van der Waals surface area contributed by atoms with Gasteiger partial charge < -0.3 is 9.64 Å². The van der Waals surface area contributed by atoms with Crippen molar-refractivity contribution in [2.75, 3.05) is 18.0 Å². The summed E-state index contributed by atoms with van der Waals surface area (Å²) >= 11 is 0. The van der Waals surface area contributed by atoms with Crippen molar-refractivity contribution >= 4 is 11.8 Å². The minimum Gasteiger partial charge on any atom is -0.439 e. The van der Waals surface area contributed by atoms with E-state index in [1.165, 1.54) is 17.7 Å². The number of aromatic nitrogens is 1. The monoisotopic (exact) mass is 428 g/mol. The molecule has 3 aromatic rings. The van der Waals surface area contributed by atoms with E-state index in [0.29, 0.717) is 11.4 Å². The molecule has 0 bridgehead atoms. The molecule has 0 amide bonds. The Morgan fingerprint density at radius 2 is 1.71 bits per heavy atom. The Kier molecular flexibility index (Phi) is 5.93. The van der Waals surface area contributed by atoms with E-state index in [1.807, 2.05) is 29.2 Å². The van der Waals surface area contributed by atoms with Crippen LogP contribution in [0.1, 0.15) is 24.0 Å². The van der Waals surface area contributed by atoms with Crippen molar-refractivity contribution in [1.82, 2.24) is 4.98 Å². The molecule has 0 N–H and O–H groups in total. The van der Waals surface area contributed by atoms with Crippen molar-refractivity contribution in [1.29, 1.82) is 0 Å². The lowest BCUT2D eigenvalue weighted by Crippen LogP contribution is -2.31. The maximum atomic E-state index is 14.0. The van der Waals surface area contributed by atoms with E-state index in [9.17, 15) is 17.6 Å². The van der Waals surface area contributed by atoms with E-state index < -0.39 is 11.7 Å². The summed E-state index contributed by atoms with van der Waals surface area (Å²) in [5.41, 5.74) is 1.98. The molecular formula is C24H20F4N2O. The molecule has 4 rings (SSSR count). The lowest BCUT2D eigenvalue weighted by atomic mass is 10.0. The smallest absolute Gasteiger partial charge is 0.417 e. The molecule has 1 aliphatic heterocycles. The first-order valence-corrected chi connectivity index (χ1v) is 9.88. The van der Waals surface area contributed by atoms with Gasteiger partial charge in [0.2, 0.25) is 5.88 Å². The van der Waals surface area contributed by atoms with Gasteiger partial charge in [-0.1, -0.05) is 35.9 Å². The molecule has 1 saturated heterocycles. The number of alkyl halides is 3. The highest BCUT2D eigenvalue weighted by Crippen LogP contribution is 2.31. The number of benzene rings is 2. The molecule has 2 heterocycles. The number of para-hydroxylation sites is 1. The van der Waals surface area contributed by atoms with Gasteiger partial charge in [-0.05, 0) is 48.7 Å². The first-order valence-electron chi connectivity index (χ1n) is 9.88. The molecule has 0 aliphatic carbocycles. The van der Waals surface area contributed by atoms with Crippen LogP contribution in [0.5, 0.6) is 11.6 Å². The molecule has 0 saturated carbocycles. The highest BCUT2D eigenvalue weighted by Gasteiger charge is 2.30. The van der Waals surface area contributed by atoms with Crippen molar-refractivity contribution in [3.63, 3.8) is 0 Å². The van der Waals surface area contributed by atoms with Crippen LogP contribution in [0.2, 0.25) is 0 Å². The normalized spacial score (nSPS) is 14.5. The second-order valence-electron chi connectivity index (χ2n) is 7.30. The minimum atomic E-state index is -4.43. The second kappa shape index (κ2) is 8.79. The largest absolute Gasteiger partial charge is 0.439 e. The molecule has 2 aromatic carbocycles. The highest BCUT2D eigenvalue weighted by atomic mass is 19.4.